The minimum atomic E-state index is -1.16. The van der Waals surface area contributed by atoms with Gasteiger partial charge in [-0.05, 0) is 50.5 Å². The van der Waals surface area contributed by atoms with Crippen molar-refractivity contribution >= 4 is 18.0 Å². The van der Waals surface area contributed by atoms with E-state index in [0.717, 1.165) is 18.4 Å². The van der Waals surface area contributed by atoms with Gasteiger partial charge >= 0.3 is 18.0 Å². The van der Waals surface area contributed by atoms with Gasteiger partial charge in [0.2, 0.25) is 0 Å². The first-order valence-electron chi connectivity index (χ1n) is 10.3. The molecule has 0 N–H and O–H groups in total. The molecule has 3 rings (SSSR count). The van der Waals surface area contributed by atoms with E-state index in [4.69, 9.17) is 14.2 Å². The zero-order valence-electron chi connectivity index (χ0n) is 17.1. The third-order valence-corrected chi connectivity index (χ3v) is 5.87. The Morgan fingerprint density at radius 1 is 0.966 bits per heavy atom. The zero-order valence-corrected chi connectivity index (χ0v) is 17.1. The second-order valence-electron chi connectivity index (χ2n) is 7.59. The van der Waals surface area contributed by atoms with Crippen molar-refractivity contribution in [2.45, 2.75) is 39.7 Å². The molecule has 158 valence electrons. The molecule has 1 heterocycles. The minimum Gasteiger partial charge on any atom is -0.465 e. The number of carbonyl (C=O) groups is 3. The van der Waals surface area contributed by atoms with E-state index in [1.54, 1.807) is 18.7 Å². The van der Waals surface area contributed by atoms with Crippen LogP contribution >= 0.6 is 0 Å². The van der Waals surface area contributed by atoms with Gasteiger partial charge in [0.05, 0.1) is 13.2 Å². The summed E-state index contributed by atoms with van der Waals surface area (Å²) in [6.07, 6.45) is 1.59. The number of hydrogen-bond acceptors (Lipinski definition) is 6. The van der Waals surface area contributed by atoms with E-state index >= 15 is 0 Å². The number of rotatable bonds is 7. The predicted molar refractivity (Wildman–Crippen MR) is 105 cm³/mol. The molecule has 1 aromatic carbocycles. The second kappa shape index (κ2) is 9.29. The first-order valence-corrected chi connectivity index (χ1v) is 10.3. The van der Waals surface area contributed by atoms with Crippen LogP contribution in [0.15, 0.2) is 30.3 Å². The van der Waals surface area contributed by atoms with Crippen LogP contribution in [0.2, 0.25) is 0 Å². The van der Waals surface area contributed by atoms with Gasteiger partial charge in [-0.15, -0.1) is 0 Å². The first kappa shape index (κ1) is 21.1. The maximum Gasteiger partial charge on any atom is 0.410 e. The standard InChI is InChI=1S/C22H29NO6/c1-3-27-19(24)22(20(25)28-4-2)14-18(22)17-10-12-23(13-11-17)21(26)29-15-16-8-6-5-7-9-16/h5-9,17-18H,3-4,10-15H2,1-2H3. The molecule has 1 saturated heterocycles. The van der Waals surface area contributed by atoms with Crippen molar-refractivity contribution < 1.29 is 28.6 Å². The van der Waals surface area contributed by atoms with Gasteiger partial charge in [0.15, 0.2) is 5.41 Å². The molecule has 29 heavy (non-hydrogen) atoms. The summed E-state index contributed by atoms with van der Waals surface area (Å²) in [5, 5.41) is 0. The van der Waals surface area contributed by atoms with E-state index in [2.05, 4.69) is 0 Å². The molecule has 0 radical (unpaired) electrons. The van der Waals surface area contributed by atoms with Gasteiger partial charge < -0.3 is 19.1 Å². The van der Waals surface area contributed by atoms with Crippen molar-refractivity contribution in [3.05, 3.63) is 35.9 Å². The lowest BCUT2D eigenvalue weighted by Crippen LogP contribution is -2.41. The third-order valence-electron chi connectivity index (χ3n) is 5.87. The van der Waals surface area contributed by atoms with E-state index in [1.807, 2.05) is 30.3 Å². The number of ether oxygens (including phenoxy) is 3. The van der Waals surface area contributed by atoms with Gasteiger partial charge in [0.1, 0.15) is 6.61 Å². The molecule has 1 aliphatic heterocycles. The SMILES string of the molecule is CCOC(=O)C1(C(=O)OCC)CC1C1CCN(C(=O)OCc2ccccc2)CC1. The number of carbonyl (C=O) groups excluding carboxylic acids is 3. The molecule has 0 spiro atoms. The Hall–Kier alpha value is -2.57. The van der Waals surface area contributed by atoms with Gasteiger partial charge in [0.25, 0.3) is 0 Å². The molecule has 7 heteroatoms. The van der Waals surface area contributed by atoms with E-state index in [0.29, 0.717) is 19.5 Å². The molecule has 1 aliphatic carbocycles. The molecule has 0 aromatic heterocycles. The molecule has 2 fully saturated rings. The summed E-state index contributed by atoms with van der Waals surface area (Å²) < 4.78 is 15.7. The molecular weight excluding hydrogens is 374 g/mol. The monoisotopic (exact) mass is 403 g/mol. The summed E-state index contributed by atoms with van der Waals surface area (Å²) in [6.45, 7) is 5.28. The highest BCUT2D eigenvalue weighted by atomic mass is 16.6. The van der Waals surface area contributed by atoms with Crippen LogP contribution in [0.3, 0.4) is 0 Å². The number of esters is 2. The molecule has 2 aliphatic rings. The van der Waals surface area contributed by atoms with Gasteiger partial charge in [-0.25, -0.2) is 4.79 Å². The van der Waals surface area contributed by atoms with Crippen molar-refractivity contribution in [1.82, 2.24) is 4.90 Å². The van der Waals surface area contributed by atoms with Crippen molar-refractivity contribution in [2.24, 2.45) is 17.3 Å². The Morgan fingerprint density at radius 3 is 2.10 bits per heavy atom. The van der Waals surface area contributed by atoms with Crippen molar-refractivity contribution in [2.75, 3.05) is 26.3 Å². The Bertz CT molecular complexity index is 708. The molecule has 1 amide bonds. The number of hydrogen-bond donors (Lipinski definition) is 0. The van der Waals surface area contributed by atoms with Crippen LogP contribution in [0.5, 0.6) is 0 Å². The van der Waals surface area contributed by atoms with E-state index in [-0.39, 0.29) is 37.7 Å². The fourth-order valence-corrected chi connectivity index (χ4v) is 4.22. The van der Waals surface area contributed by atoms with Gasteiger partial charge in [-0.3, -0.25) is 9.59 Å². The maximum atomic E-state index is 12.5. The Morgan fingerprint density at radius 2 is 1.55 bits per heavy atom. The van der Waals surface area contributed by atoms with E-state index in [1.165, 1.54) is 0 Å². The third kappa shape index (κ3) is 4.54. The highest BCUT2D eigenvalue weighted by Gasteiger charge is 2.70. The Labute approximate surface area is 171 Å². The summed E-state index contributed by atoms with van der Waals surface area (Å²) in [5.74, 6) is -0.855. The first-order chi connectivity index (χ1) is 14.0. The molecule has 1 unspecified atom stereocenters. The highest BCUT2D eigenvalue weighted by Crippen LogP contribution is 2.60. The number of nitrogens with zero attached hydrogens (tertiary/aromatic N) is 1. The van der Waals surface area contributed by atoms with Crippen LogP contribution in [0, 0.1) is 17.3 Å². The van der Waals surface area contributed by atoms with Crippen LogP contribution < -0.4 is 0 Å². The largest absolute Gasteiger partial charge is 0.465 e. The lowest BCUT2D eigenvalue weighted by atomic mass is 9.87. The fourth-order valence-electron chi connectivity index (χ4n) is 4.22. The molecule has 7 nitrogen and oxygen atoms in total. The average molecular weight is 403 g/mol. The number of amides is 1. The molecule has 1 aromatic rings. The summed E-state index contributed by atoms with van der Waals surface area (Å²) in [6, 6.07) is 9.56. The summed E-state index contributed by atoms with van der Waals surface area (Å²) in [5.41, 5.74) is -0.213. The van der Waals surface area contributed by atoms with Crippen LogP contribution in [0.1, 0.15) is 38.7 Å². The quantitative estimate of drug-likeness (QED) is 0.395. The van der Waals surface area contributed by atoms with Gasteiger partial charge in [-0.1, -0.05) is 30.3 Å². The second-order valence-corrected chi connectivity index (χ2v) is 7.59. The Kier molecular flexibility index (Phi) is 6.77. The smallest absolute Gasteiger partial charge is 0.410 e. The maximum absolute atomic E-state index is 12.5. The fraction of sp³-hybridized carbons (Fsp3) is 0.591. The van der Waals surface area contributed by atoms with Crippen molar-refractivity contribution in [3.63, 3.8) is 0 Å². The van der Waals surface area contributed by atoms with Crippen LogP contribution in [-0.2, 0) is 30.4 Å². The Balaban J connectivity index is 1.52. The lowest BCUT2D eigenvalue weighted by molar-refractivity contribution is -0.165. The predicted octanol–water partition coefficient (Wildman–Crippen LogP) is 3.17. The number of likely N-dealkylation sites (tertiary alicyclic amines) is 1. The molecular formula is C22H29NO6. The average Bonchev–Trinajstić information content (AvgIpc) is 3.50. The summed E-state index contributed by atoms with van der Waals surface area (Å²) in [4.78, 5) is 39.0. The molecule has 1 atom stereocenters. The van der Waals surface area contributed by atoms with Crippen molar-refractivity contribution in [1.29, 1.82) is 0 Å². The van der Waals surface area contributed by atoms with Gasteiger partial charge in [-0.2, -0.15) is 0 Å². The number of benzene rings is 1. The highest BCUT2D eigenvalue weighted by molar-refractivity contribution is 6.04. The van der Waals surface area contributed by atoms with Crippen molar-refractivity contribution in [3.8, 4) is 0 Å². The molecule has 1 saturated carbocycles. The summed E-state index contributed by atoms with van der Waals surface area (Å²) in [7, 11) is 0. The number of piperidine rings is 1. The zero-order chi connectivity index (χ0) is 20.9. The molecule has 0 bridgehead atoms. The van der Waals surface area contributed by atoms with Crippen LogP contribution in [-0.4, -0.2) is 49.2 Å². The van der Waals surface area contributed by atoms with Gasteiger partial charge in [0, 0.05) is 13.1 Å². The van der Waals surface area contributed by atoms with Crippen LogP contribution in [0.25, 0.3) is 0 Å². The van der Waals surface area contributed by atoms with E-state index in [9.17, 15) is 14.4 Å². The minimum absolute atomic E-state index is 0.0805. The summed E-state index contributed by atoms with van der Waals surface area (Å²) >= 11 is 0. The van der Waals surface area contributed by atoms with E-state index < -0.39 is 17.4 Å². The lowest BCUT2D eigenvalue weighted by Gasteiger charge is -2.32. The topological polar surface area (TPSA) is 82.1 Å². The normalized spacial score (nSPS) is 20.6. The van der Waals surface area contributed by atoms with Crippen LogP contribution in [0.4, 0.5) is 4.79 Å².